The molecule has 2 heterocycles. The second kappa shape index (κ2) is 8.01. The van der Waals surface area contributed by atoms with Crippen LogP contribution in [0.1, 0.15) is 24.0 Å². The second-order valence-electron chi connectivity index (χ2n) is 6.63. The summed E-state index contributed by atoms with van der Waals surface area (Å²) in [5, 5.41) is 11.7. The maximum absolute atomic E-state index is 13.1. The van der Waals surface area contributed by atoms with Crippen LogP contribution in [0, 0.1) is 10.1 Å². The molecule has 0 amide bonds. The van der Waals surface area contributed by atoms with Gasteiger partial charge in [-0.3, -0.25) is 14.9 Å². The number of carbonyl (C=O) groups excluding carboxylic acids is 1. The van der Waals surface area contributed by atoms with E-state index in [1.807, 2.05) is 0 Å². The summed E-state index contributed by atoms with van der Waals surface area (Å²) < 4.78 is 11.3. The van der Waals surface area contributed by atoms with Crippen LogP contribution in [0.3, 0.4) is 0 Å². The lowest BCUT2D eigenvalue weighted by Gasteiger charge is -2.28. The molecule has 0 fully saturated rings. The molecule has 1 atom stereocenters. The minimum Gasteiger partial charge on any atom is -0.462 e. The van der Waals surface area contributed by atoms with Gasteiger partial charge < -0.3 is 15.2 Å². The highest BCUT2D eigenvalue weighted by Gasteiger charge is 2.39. The Morgan fingerprint density at radius 3 is 2.74 bits per heavy atom. The fraction of sp³-hybridized carbons (Fsp3) is 0.143. The largest absolute Gasteiger partial charge is 0.462 e. The molecule has 158 valence electrons. The standard InChI is InChI=1S/C21H15ClN2O6S/c1-2-29-20(25)17-15(10-7-8-13(24(27)28)12(22)9-10)16-18(30-19(17)23)11-5-3-4-6-14(11)31-21(16)26/h3-9,15H,2,23H2,1H3/t15-/m0/s1. The van der Waals surface area contributed by atoms with E-state index >= 15 is 0 Å². The van der Waals surface area contributed by atoms with E-state index in [2.05, 4.69) is 0 Å². The van der Waals surface area contributed by atoms with Crippen LogP contribution in [-0.4, -0.2) is 17.5 Å². The Kier molecular flexibility index (Phi) is 5.38. The predicted molar refractivity (Wildman–Crippen MR) is 117 cm³/mol. The first-order valence-corrected chi connectivity index (χ1v) is 10.4. The molecular formula is C21H15ClN2O6S. The molecule has 0 spiro atoms. The number of fused-ring (bicyclic) bond motifs is 3. The van der Waals surface area contributed by atoms with Crippen LogP contribution in [0.15, 0.2) is 58.7 Å². The van der Waals surface area contributed by atoms with Gasteiger partial charge in [0.1, 0.15) is 16.3 Å². The molecule has 2 N–H and O–H groups in total. The smallest absolute Gasteiger partial charge is 0.340 e. The van der Waals surface area contributed by atoms with Crippen LogP contribution in [0.2, 0.25) is 5.02 Å². The highest BCUT2D eigenvalue weighted by atomic mass is 35.5. The van der Waals surface area contributed by atoms with Gasteiger partial charge in [-0.15, -0.1) is 0 Å². The van der Waals surface area contributed by atoms with Crippen molar-refractivity contribution in [2.24, 2.45) is 5.73 Å². The number of esters is 1. The van der Waals surface area contributed by atoms with Gasteiger partial charge in [-0.2, -0.15) is 0 Å². The fourth-order valence-electron chi connectivity index (χ4n) is 3.56. The van der Waals surface area contributed by atoms with E-state index in [1.54, 1.807) is 31.2 Å². The lowest BCUT2D eigenvalue weighted by molar-refractivity contribution is -0.384. The molecule has 0 bridgehead atoms. The van der Waals surface area contributed by atoms with Crippen molar-refractivity contribution in [1.82, 2.24) is 0 Å². The highest BCUT2D eigenvalue weighted by Crippen LogP contribution is 2.45. The molecule has 0 saturated carbocycles. The minimum absolute atomic E-state index is 0.0566. The normalized spacial score (nSPS) is 15.4. The third-order valence-corrected chi connectivity index (χ3v) is 6.13. The zero-order chi connectivity index (χ0) is 22.3. The summed E-state index contributed by atoms with van der Waals surface area (Å²) >= 11 is 7.12. The molecule has 31 heavy (non-hydrogen) atoms. The summed E-state index contributed by atoms with van der Waals surface area (Å²) in [5.74, 6) is -1.67. The van der Waals surface area contributed by atoms with Crippen LogP contribution in [-0.2, 0) is 9.53 Å². The Morgan fingerprint density at radius 1 is 1.32 bits per heavy atom. The number of ether oxygens (including phenoxy) is 2. The quantitative estimate of drug-likeness (QED) is 0.355. The van der Waals surface area contributed by atoms with E-state index in [1.165, 1.54) is 18.2 Å². The molecule has 3 aromatic rings. The average Bonchev–Trinajstić information content (AvgIpc) is 2.72. The van der Waals surface area contributed by atoms with Gasteiger partial charge in [0.05, 0.1) is 23.0 Å². The van der Waals surface area contributed by atoms with Gasteiger partial charge >= 0.3 is 5.97 Å². The molecule has 0 unspecified atom stereocenters. The fourth-order valence-corrected chi connectivity index (χ4v) is 4.75. The summed E-state index contributed by atoms with van der Waals surface area (Å²) in [7, 11) is 0. The monoisotopic (exact) mass is 458 g/mol. The maximum atomic E-state index is 13.1. The summed E-state index contributed by atoms with van der Waals surface area (Å²) in [4.78, 5) is 36.4. The van der Waals surface area contributed by atoms with Crippen LogP contribution in [0.5, 0.6) is 5.75 Å². The van der Waals surface area contributed by atoms with Crippen LogP contribution in [0.25, 0.3) is 10.1 Å². The van der Waals surface area contributed by atoms with E-state index in [0.717, 1.165) is 11.3 Å². The van der Waals surface area contributed by atoms with Gasteiger partial charge in [0.25, 0.3) is 5.69 Å². The molecule has 8 nitrogen and oxygen atoms in total. The van der Waals surface area contributed by atoms with E-state index in [0.29, 0.717) is 15.6 Å². The van der Waals surface area contributed by atoms with Crippen molar-refractivity contribution >= 4 is 44.7 Å². The van der Waals surface area contributed by atoms with E-state index in [-0.39, 0.29) is 44.8 Å². The van der Waals surface area contributed by atoms with Gasteiger partial charge in [0.2, 0.25) is 10.6 Å². The first kappa shape index (κ1) is 20.8. The van der Waals surface area contributed by atoms with Gasteiger partial charge in [0.15, 0.2) is 0 Å². The third kappa shape index (κ3) is 3.51. The van der Waals surface area contributed by atoms with E-state index in [9.17, 15) is 19.7 Å². The Morgan fingerprint density at radius 2 is 2.06 bits per heavy atom. The van der Waals surface area contributed by atoms with Gasteiger partial charge in [-0.25, -0.2) is 4.79 Å². The molecule has 1 aliphatic heterocycles. The number of hydrogen-bond donors (Lipinski definition) is 1. The zero-order valence-electron chi connectivity index (χ0n) is 16.1. The Bertz CT molecular complexity index is 1330. The van der Waals surface area contributed by atoms with Crippen molar-refractivity contribution in [3.8, 4) is 5.75 Å². The SMILES string of the molecule is CCOC(=O)C1=C(N)Oc2c(c(=O)sc3ccccc23)[C@@H]1c1ccc([N+](=O)[O-])c(Cl)c1. The molecule has 4 rings (SSSR count). The Labute approximate surface area is 184 Å². The topological polar surface area (TPSA) is 122 Å². The highest BCUT2D eigenvalue weighted by molar-refractivity contribution is 7.16. The number of carbonyl (C=O) groups is 1. The lowest BCUT2D eigenvalue weighted by Crippen LogP contribution is -2.30. The molecule has 1 aliphatic rings. The van der Waals surface area contributed by atoms with Gasteiger partial charge in [-0.1, -0.05) is 41.1 Å². The molecule has 10 heteroatoms. The average molecular weight is 459 g/mol. The summed E-state index contributed by atoms with van der Waals surface area (Å²) in [5.41, 5.74) is 6.35. The van der Waals surface area contributed by atoms with E-state index in [4.69, 9.17) is 26.8 Å². The number of nitro groups is 1. The number of halogens is 1. The van der Waals surface area contributed by atoms with Crippen molar-refractivity contribution in [2.45, 2.75) is 12.8 Å². The van der Waals surface area contributed by atoms with Crippen molar-refractivity contribution < 1.29 is 19.2 Å². The summed E-state index contributed by atoms with van der Waals surface area (Å²) in [6.07, 6.45) is 0. The zero-order valence-corrected chi connectivity index (χ0v) is 17.7. The van der Waals surface area contributed by atoms with Crippen LogP contribution in [0.4, 0.5) is 5.69 Å². The molecule has 0 aliphatic carbocycles. The van der Waals surface area contributed by atoms with Crippen LogP contribution < -0.4 is 15.2 Å². The van der Waals surface area contributed by atoms with Gasteiger partial charge in [0, 0.05) is 16.2 Å². The molecule has 2 aromatic carbocycles. The molecular weight excluding hydrogens is 444 g/mol. The van der Waals surface area contributed by atoms with Gasteiger partial charge in [-0.05, 0) is 30.7 Å². The number of hydrogen-bond acceptors (Lipinski definition) is 8. The summed E-state index contributed by atoms with van der Waals surface area (Å²) in [6.45, 7) is 1.72. The van der Waals surface area contributed by atoms with Crippen LogP contribution >= 0.6 is 22.9 Å². The minimum atomic E-state index is -0.963. The van der Waals surface area contributed by atoms with Crippen molar-refractivity contribution in [3.05, 3.63) is 89.7 Å². The molecule has 1 aromatic heterocycles. The summed E-state index contributed by atoms with van der Waals surface area (Å²) in [6, 6.07) is 11.2. The number of nitrogens with zero attached hydrogens (tertiary/aromatic N) is 1. The van der Waals surface area contributed by atoms with E-state index < -0.39 is 16.8 Å². The Hall–Kier alpha value is -3.43. The predicted octanol–water partition coefficient (Wildman–Crippen LogP) is 4.08. The van der Waals surface area contributed by atoms with Crippen molar-refractivity contribution in [3.63, 3.8) is 0 Å². The lowest BCUT2D eigenvalue weighted by atomic mass is 9.83. The third-order valence-electron chi connectivity index (χ3n) is 4.85. The molecule has 0 radical (unpaired) electrons. The first-order valence-electron chi connectivity index (χ1n) is 9.17. The second-order valence-corrected chi connectivity index (χ2v) is 8.05. The van der Waals surface area contributed by atoms with Crippen molar-refractivity contribution in [2.75, 3.05) is 6.61 Å². The van der Waals surface area contributed by atoms with Crippen molar-refractivity contribution in [1.29, 1.82) is 0 Å². The number of nitro benzene ring substituents is 1. The number of benzene rings is 2. The Balaban J connectivity index is 2.03. The maximum Gasteiger partial charge on any atom is 0.340 e. The first-order chi connectivity index (χ1) is 14.8. The molecule has 0 saturated heterocycles. The number of rotatable bonds is 4. The number of nitrogens with two attached hydrogens (primary N) is 1.